The zero-order valence-electron chi connectivity index (χ0n) is 15.0. The molecular formula is C20H34O2. The molecule has 2 unspecified atom stereocenters. The van der Waals surface area contributed by atoms with Gasteiger partial charge in [0.2, 0.25) is 0 Å². The Balaban J connectivity index is 2.93. The van der Waals surface area contributed by atoms with E-state index in [1.165, 1.54) is 11.1 Å². The number of hydrogen-bond acceptors (Lipinski definition) is 2. The van der Waals surface area contributed by atoms with Crippen molar-refractivity contribution in [3.63, 3.8) is 0 Å². The molecule has 2 atom stereocenters. The fraction of sp³-hybridized carbons (Fsp3) is 0.700. The van der Waals surface area contributed by atoms with Crippen LogP contribution in [0.4, 0.5) is 0 Å². The van der Waals surface area contributed by atoms with Crippen LogP contribution < -0.4 is 0 Å². The maximum absolute atomic E-state index is 10.5. The molecule has 0 amide bonds. The Morgan fingerprint density at radius 3 is 2.50 bits per heavy atom. The summed E-state index contributed by atoms with van der Waals surface area (Å²) in [5.41, 5.74) is 1.22. The minimum Gasteiger partial charge on any atom is -0.390 e. The van der Waals surface area contributed by atoms with Gasteiger partial charge in [-0.2, -0.15) is 0 Å². The third kappa shape index (κ3) is 7.42. The molecule has 0 saturated heterocycles. The van der Waals surface area contributed by atoms with E-state index in [1.54, 1.807) is 0 Å². The van der Waals surface area contributed by atoms with Crippen molar-refractivity contribution in [3.05, 3.63) is 35.5 Å². The van der Waals surface area contributed by atoms with Gasteiger partial charge in [-0.3, -0.25) is 0 Å². The van der Waals surface area contributed by atoms with Gasteiger partial charge in [0.1, 0.15) is 0 Å². The van der Waals surface area contributed by atoms with Crippen molar-refractivity contribution in [1.82, 2.24) is 0 Å². The summed E-state index contributed by atoms with van der Waals surface area (Å²) in [5.74, 6) is 0.169. The van der Waals surface area contributed by atoms with E-state index in [4.69, 9.17) is 0 Å². The number of hydrogen-bond donors (Lipinski definition) is 2. The molecule has 0 heterocycles. The van der Waals surface area contributed by atoms with Crippen LogP contribution in [0.25, 0.3) is 0 Å². The standard InChI is InChI=1S/C20H34O2/c1-16-8-6-9-17(2)11-12-18(19(3,4)21)13-15-20(5,22)14-7-10-16/h7-8,11,14,18,21-22H,6,9-10,12-13,15H2,1-5H3. The van der Waals surface area contributed by atoms with Crippen molar-refractivity contribution in [2.45, 2.75) is 84.3 Å². The quantitative estimate of drug-likeness (QED) is 0.674. The van der Waals surface area contributed by atoms with Crippen LogP contribution in [0.2, 0.25) is 0 Å². The molecule has 0 spiro atoms. The number of aliphatic hydroxyl groups is 2. The van der Waals surface area contributed by atoms with Crippen LogP contribution in [0.5, 0.6) is 0 Å². The van der Waals surface area contributed by atoms with Crippen LogP contribution in [-0.4, -0.2) is 21.4 Å². The summed E-state index contributed by atoms with van der Waals surface area (Å²) in [4.78, 5) is 0. The first-order chi connectivity index (χ1) is 10.1. The summed E-state index contributed by atoms with van der Waals surface area (Å²) < 4.78 is 0. The molecule has 1 aliphatic carbocycles. The molecule has 0 aromatic heterocycles. The van der Waals surface area contributed by atoms with E-state index in [0.29, 0.717) is 6.42 Å². The average molecular weight is 306 g/mol. The molecule has 0 aromatic carbocycles. The second kappa shape index (κ2) is 8.12. The lowest BCUT2D eigenvalue weighted by Gasteiger charge is -2.31. The van der Waals surface area contributed by atoms with Gasteiger partial charge in [0.15, 0.2) is 0 Å². The molecule has 22 heavy (non-hydrogen) atoms. The first kappa shape index (κ1) is 19.2. The highest BCUT2D eigenvalue weighted by molar-refractivity contribution is 5.10. The Labute approximate surface area is 136 Å². The summed E-state index contributed by atoms with van der Waals surface area (Å²) in [6.45, 7) is 9.93. The number of rotatable bonds is 1. The largest absolute Gasteiger partial charge is 0.390 e. The molecule has 0 fully saturated rings. The third-order valence-electron chi connectivity index (χ3n) is 4.70. The first-order valence-corrected chi connectivity index (χ1v) is 8.54. The van der Waals surface area contributed by atoms with E-state index >= 15 is 0 Å². The van der Waals surface area contributed by atoms with Gasteiger partial charge in [-0.1, -0.05) is 35.5 Å². The Morgan fingerprint density at radius 1 is 1.18 bits per heavy atom. The van der Waals surface area contributed by atoms with Gasteiger partial charge in [-0.05, 0) is 79.1 Å². The minimum atomic E-state index is -0.799. The van der Waals surface area contributed by atoms with Gasteiger partial charge in [0, 0.05) is 0 Å². The molecule has 0 aromatic rings. The van der Waals surface area contributed by atoms with Gasteiger partial charge in [0.05, 0.1) is 11.2 Å². The molecule has 1 aliphatic rings. The number of allylic oxidation sites excluding steroid dienone is 5. The Hall–Kier alpha value is -0.860. The second-order valence-electron chi connectivity index (χ2n) is 7.73. The predicted molar refractivity (Wildman–Crippen MR) is 94.8 cm³/mol. The van der Waals surface area contributed by atoms with Gasteiger partial charge < -0.3 is 10.2 Å². The van der Waals surface area contributed by atoms with E-state index in [1.807, 2.05) is 26.8 Å². The summed E-state index contributed by atoms with van der Waals surface area (Å²) in [6, 6.07) is 0. The Morgan fingerprint density at radius 2 is 1.86 bits per heavy atom. The summed E-state index contributed by atoms with van der Waals surface area (Å²) in [6.07, 6.45) is 13.9. The smallest absolute Gasteiger partial charge is 0.0799 e. The molecule has 1 rings (SSSR count). The van der Waals surface area contributed by atoms with Gasteiger partial charge >= 0.3 is 0 Å². The van der Waals surface area contributed by atoms with Crippen molar-refractivity contribution in [2.75, 3.05) is 0 Å². The molecule has 126 valence electrons. The molecule has 2 nitrogen and oxygen atoms in total. The lowest BCUT2D eigenvalue weighted by Crippen LogP contribution is -2.33. The third-order valence-corrected chi connectivity index (χ3v) is 4.70. The van der Waals surface area contributed by atoms with Gasteiger partial charge in [-0.25, -0.2) is 0 Å². The van der Waals surface area contributed by atoms with Crippen molar-refractivity contribution in [2.24, 2.45) is 5.92 Å². The van der Waals surface area contributed by atoms with Gasteiger partial charge in [0.25, 0.3) is 0 Å². The van der Waals surface area contributed by atoms with Crippen LogP contribution in [0.3, 0.4) is 0 Å². The van der Waals surface area contributed by atoms with Crippen molar-refractivity contribution in [1.29, 1.82) is 0 Å². The van der Waals surface area contributed by atoms with E-state index in [9.17, 15) is 10.2 Å². The van der Waals surface area contributed by atoms with Crippen LogP contribution in [0, 0.1) is 5.92 Å². The lowest BCUT2D eigenvalue weighted by molar-refractivity contribution is 0.00233. The molecule has 2 heteroatoms. The SMILES string of the molecule is CC1=CCCC(C)=CCC(C(C)(C)O)CCC(C)(O)C=CC1. The van der Waals surface area contributed by atoms with Crippen molar-refractivity contribution < 1.29 is 10.2 Å². The zero-order valence-corrected chi connectivity index (χ0v) is 15.0. The summed E-state index contributed by atoms with van der Waals surface area (Å²) in [7, 11) is 0. The maximum atomic E-state index is 10.5. The molecular weight excluding hydrogens is 272 g/mol. The highest BCUT2D eigenvalue weighted by atomic mass is 16.3. The van der Waals surface area contributed by atoms with Crippen LogP contribution in [-0.2, 0) is 0 Å². The lowest BCUT2D eigenvalue weighted by atomic mass is 9.81. The Kier molecular flexibility index (Phi) is 7.08. The van der Waals surface area contributed by atoms with E-state index in [-0.39, 0.29) is 5.92 Å². The van der Waals surface area contributed by atoms with Crippen LogP contribution in [0.15, 0.2) is 35.5 Å². The van der Waals surface area contributed by atoms with Crippen molar-refractivity contribution >= 4 is 0 Å². The van der Waals surface area contributed by atoms with E-state index < -0.39 is 11.2 Å². The zero-order chi connectivity index (χ0) is 16.8. The maximum Gasteiger partial charge on any atom is 0.0799 e. The summed E-state index contributed by atoms with van der Waals surface area (Å²) in [5, 5.41) is 20.9. The van der Waals surface area contributed by atoms with Crippen LogP contribution in [0.1, 0.15) is 73.1 Å². The second-order valence-corrected chi connectivity index (χ2v) is 7.73. The van der Waals surface area contributed by atoms with Gasteiger partial charge in [-0.15, -0.1) is 0 Å². The Bertz CT molecular complexity index is 433. The monoisotopic (exact) mass is 306 g/mol. The molecule has 0 saturated carbocycles. The molecule has 0 radical (unpaired) electrons. The normalized spacial score (nSPS) is 29.5. The molecule has 0 bridgehead atoms. The fourth-order valence-corrected chi connectivity index (χ4v) is 2.88. The van der Waals surface area contributed by atoms with Crippen molar-refractivity contribution in [3.8, 4) is 0 Å². The highest BCUT2D eigenvalue weighted by Gasteiger charge is 2.28. The first-order valence-electron chi connectivity index (χ1n) is 8.54. The van der Waals surface area contributed by atoms with Crippen LogP contribution >= 0.6 is 0 Å². The van der Waals surface area contributed by atoms with E-state index in [2.05, 4.69) is 32.1 Å². The highest BCUT2D eigenvalue weighted by Crippen LogP contribution is 2.30. The summed E-state index contributed by atoms with van der Waals surface area (Å²) >= 11 is 0. The van der Waals surface area contributed by atoms with E-state index in [0.717, 1.165) is 32.1 Å². The molecule has 0 aliphatic heterocycles. The molecule has 2 N–H and O–H groups in total. The average Bonchev–Trinajstić information content (AvgIpc) is 2.35. The fourth-order valence-electron chi connectivity index (χ4n) is 2.88. The minimum absolute atomic E-state index is 0.169. The predicted octanol–water partition coefficient (Wildman–Crippen LogP) is 4.93. The topological polar surface area (TPSA) is 40.5 Å².